The highest BCUT2D eigenvalue weighted by atomic mass is 16.2. The minimum atomic E-state index is -0.477. The normalized spacial score (nSPS) is 33.3. The van der Waals surface area contributed by atoms with Crippen molar-refractivity contribution in [2.45, 2.75) is 45.1 Å². The van der Waals surface area contributed by atoms with Crippen molar-refractivity contribution in [3.05, 3.63) is 42.0 Å². The number of fused-ring (bicyclic) bond motifs is 2. The molecule has 3 rings (SSSR count). The Morgan fingerprint density at radius 3 is 2.32 bits per heavy atom. The Morgan fingerprint density at radius 1 is 1.14 bits per heavy atom. The van der Waals surface area contributed by atoms with Crippen LogP contribution in [0, 0.1) is 11.3 Å². The third-order valence-electron chi connectivity index (χ3n) is 5.98. The second-order valence-electron chi connectivity index (χ2n) is 7.10. The summed E-state index contributed by atoms with van der Waals surface area (Å²) in [5, 5.41) is 3.05. The summed E-state index contributed by atoms with van der Waals surface area (Å²) in [5.41, 5.74) is 0.819. The lowest BCUT2D eigenvalue weighted by Gasteiger charge is -2.38. The van der Waals surface area contributed by atoms with Crippen LogP contribution in [-0.4, -0.2) is 17.2 Å². The second-order valence-corrected chi connectivity index (χ2v) is 7.10. The summed E-state index contributed by atoms with van der Waals surface area (Å²) in [7, 11) is 0. The number of nitrogens with one attached hydrogen (secondary N) is 1. The number of benzene rings is 1. The Hall–Kier alpha value is -1.90. The van der Waals surface area contributed by atoms with Crippen LogP contribution in [0.15, 0.2) is 36.4 Å². The molecule has 0 aliphatic heterocycles. The van der Waals surface area contributed by atoms with Crippen LogP contribution in [0.1, 0.15) is 45.1 Å². The van der Waals surface area contributed by atoms with E-state index in [1.807, 2.05) is 30.3 Å². The Morgan fingerprint density at radius 2 is 1.77 bits per heavy atom. The van der Waals surface area contributed by atoms with Gasteiger partial charge in [0.25, 0.3) is 5.91 Å². The zero-order valence-electron chi connectivity index (χ0n) is 13.3. The third kappa shape index (κ3) is 2.39. The van der Waals surface area contributed by atoms with Gasteiger partial charge in [-0.1, -0.05) is 43.3 Å². The molecule has 2 bridgehead atoms. The van der Waals surface area contributed by atoms with Gasteiger partial charge in [0.2, 0.25) is 5.78 Å². The van der Waals surface area contributed by atoms with Crippen LogP contribution in [0.4, 0.5) is 0 Å². The van der Waals surface area contributed by atoms with Crippen LogP contribution < -0.4 is 5.32 Å². The fourth-order valence-corrected chi connectivity index (χ4v) is 4.21. The molecule has 116 valence electrons. The molecule has 0 radical (unpaired) electrons. The average molecular weight is 297 g/mol. The maximum atomic E-state index is 12.3. The van der Waals surface area contributed by atoms with Gasteiger partial charge < -0.3 is 5.32 Å². The molecule has 1 aromatic carbocycles. The maximum Gasteiger partial charge on any atom is 0.292 e. The lowest BCUT2D eigenvalue weighted by molar-refractivity contribution is -0.137. The van der Waals surface area contributed by atoms with E-state index in [9.17, 15) is 9.59 Å². The molecule has 1 unspecified atom stereocenters. The van der Waals surface area contributed by atoms with Crippen LogP contribution in [0.2, 0.25) is 0 Å². The largest absolute Gasteiger partial charge is 0.343 e. The van der Waals surface area contributed by atoms with E-state index in [1.165, 1.54) is 6.08 Å². The first-order chi connectivity index (χ1) is 10.4. The first kappa shape index (κ1) is 15.0. The molecule has 0 heterocycles. The highest BCUT2D eigenvalue weighted by molar-refractivity contribution is 6.41. The smallest absolute Gasteiger partial charge is 0.292 e. The van der Waals surface area contributed by atoms with Crippen LogP contribution in [0.5, 0.6) is 0 Å². The van der Waals surface area contributed by atoms with Crippen molar-refractivity contribution >= 4 is 17.8 Å². The van der Waals surface area contributed by atoms with Gasteiger partial charge in [0.05, 0.1) is 0 Å². The van der Waals surface area contributed by atoms with Crippen LogP contribution in [0.25, 0.3) is 6.08 Å². The quantitative estimate of drug-likeness (QED) is 0.684. The van der Waals surface area contributed by atoms with E-state index in [4.69, 9.17) is 0 Å². The van der Waals surface area contributed by atoms with Crippen molar-refractivity contribution in [3.63, 3.8) is 0 Å². The van der Waals surface area contributed by atoms with Crippen molar-refractivity contribution in [1.29, 1.82) is 0 Å². The van der Waals surface area contributed by atoms with Crippen LogP contribution in [-0.2, 0) is 9.59 Å². The molecule has 0 spiro atoms. The molecule has 1 atom stereocenters. The number of carbonyl (C=O) groups is 2. The van der Waals surface area contributed by atoms with E-state index in [1.54, 1.807) is 6.08 Å². The minimum Gasteiger partial charge on any atom is -0.343 e. The molecule has 3 heteroatoms. The summed E-state index contributed by atoms with van der Waals surface area (Å²) in [6.45, 7) is 4.36. The first-order valence-electron chi connectivity index (χ1n) is 8.04. The topological polar surface area (TPSA) is 46.2 Å². The minimum absolute atomic E-state index is 0.136. The number of hydrogen-bond donors (Lipinski definition) is 1. The standard InChI is InChI=1S/C19H23NO2/c1-18-12-10-15(11-13-18)19(18,2)20-17(22)16(21)9-8-14-6-4-3-5-7-14/h3-9,15H,10-13H2,1-2H3,(H,20,22)/b9-8+. The number of amides is 1. The van der Waals surface area contributed by atoms with Gasteiger partial charge in [0.15, 0.2) is 0 Å². The lowest BCUT2D eigenvalue weighted by Crippen LogP contribution is -2.55. The Balaban J connectivity index is 1.67. The van der Waals surface area contributed by atoms with Gasteiger partial charge in [-0.25, -0.2) is 0 Å². The highest BCUT2D eigenvalue weighted by Gasteiger charge is 2.59. The van der Waals surface area contributed by atoms with Crippen molar-refractivity contribution in [2.75, 3.05) is 0 Å². The zero-order valence-corrected chi connectivity index (χ0v) is 13.3. The third-order valence-corrected chi connectivity index (χ3v) is 5.98. The van der Waals surface area contributed by atoms with Crippen LogP contribution >= 0.6 is 0 Å². The number of ketones is 1. The van der Waals surface area contributed by atoms with Crippen molar-refractivity contribution in [1.82, 2.24) is 5.32 Å². The molecule has 1 amide bonds. The summed E-state index contributed by atoms with van der Waals surface area (Å²) in [5.74, 6) is -0.443. The molecular weight excluding hydrogens is 274 g/mol. The van der Waals surface area contributed by atoms with E-state index < -0.39 is 11.7 Å². The van der Waals surface area contributed by atoms with Crippen molar-refractivity contribution in [2.24, 2.45) is 11.3 Å². The first-order valence-corrected chi connectivity index (χ1v) is 8.04. The van der Waals surface area contributed by atoms with E-state index in [-0.39, 0.29) is 11.0 Å². The van der Waals surface area contributed by atoms with Gasteiger partial charge in [-0.2, -0.15) is 0 Å². The van der Waals surface area contributed by atoms with Gasteiger partial charge in [0.1, 0.15) is 0 Å². The lowest BCUT2D eigenvalue weighted by atomic mass is 9.76. The molecule has 0 saturated heterocycles. The number of hydrogen-bond acceptors (Lipinski definition) is 2. The average Bonchev–Trinajstić information content (AvgIpc) is 2.90. The Bertz CT molecular complexity index is 612. The van der Waals surface area contributed by atoms with E-state index in [0.29, 0.717) is 5.92 Å². The van der Waals surface area contributed by atoms with Gasteiger partial charge in [-0.05, 0) is 55.6 Å². The molecule has 1 N–H and O–H groups in total. The molecule has 2 aliphatic carbocycles. The highest BCUT2D eigenvalue weighted by Crippen LogP contribution is 2.60. The number of carbonyl (C=O) groups excluding carboxylic acids is 2. The van der Waals surface area contributed by atoms with E-state index in [0.717, 1.165) is 31.2 Å². The summed E-state index contributed by atoms with van der Waals surface area (Å²) < 4.78 is 0. The van der Waals surface area contributed by atoms with Crippen molar-refractivity contribution < 1.29 is 9.59 Å². The van der Waals surface area contributed by atoms with Gasteiger partial charge in [0, 0.05) is 5.54 Å². The maximum absolute atomic E-state index is 12.3. The summed E-state index contributed by atoms with van der Waals surface area (Å²) in [6, 6.07) is 9.54. The van der Waals surface area contributed by atoms with Crippen molar-refractivity contribution in [3.8, 4) is 0 Å². The molecular formula is C19H23NO2. The molecule has 2 aliphatic rings. The SMILES string of the molecule is CC12CCC(CC1)C2(C)NC(=O)C(=O)/C=C/c1ccccc1. The Kier molecular flexibility index (Phi) is 3.67. The molecule has 1 aromatic rings. The fourth-order valence-electron chi connectivity index (χ4n) is 4.21. The summed E-state index contributed by atoms with van der Waals surface area (Å²) in [6.07, 6.45) is 7.65. The molecule has 2 saturated carbocycles. The van der Waals surface area contributed by atoms with E-state index >= 15 is 0 Å². The van der Waals surface area contributed by atoms with Gasteiger partial charge in [-0.3, -0.25) is 9.59 Å². The summed E-state index contributed by atoms with van der Waals surface area (Å²) in [4.78, 5) is 24.4. The van der Waals surface area contributed by atoms with Gasteiger partial charge >= 0.3 is 0 Å². The molecule has 3 nitrogen and oxygen atoms in total. The monoisotopic (exact) mass is 297 g/mol. The molecule has 2 fully saturated rings. The molecule has 0 aromatic heterocycles. The van der Waals surface area contributed by atoms with Crippen LogP contribution in [0.3, 0.4) is 0 Å². The predicted octanol–water partition coefficient (Wildman–Crippen LogP) is 3.35. The number of rotatable bonds is 4. The molecule has 22 heavy (non-hydrogen) atoms. The predicted molar refractivity (Wildman–Crippen MR) is 87.1 cm³/mol. The second kappa shape index (κ2) is 5.38. The Labute approximate surface area is 131 Å². The fraction of sp³-hybridized carbons (Fsp3) is 0.474. The zero-order chi connectivity index (χ0) is 15.8. The van der Waals surface area contributed by atoms with Gasteiger partial charge in [-0.15, -0.1) is 0 Å². The summed E-state index contributed by atoms with van der Waals surface area (Å²) >= 11 is 0. The van der Waals surface area contributed by atoms with E-state index in [2.05, 4.69) is 19.2 Å².